The van der Waals surface area contributed by atoms with Gasteiger partial charge in [-0.05, 0) is 17.7 Å². The number of carbonyl (C=O) groups excluding carboxylic acids is 1. The van der Waals surface area contributed by atoms with Gasteiger partial charge in [0.25, 0.3) is 5.91 Å². The van der Waals surface area contributed by atoms with Gasteiger partial charge in [0.1, 0.15) is 12.2 Å². The summed E-state index contributed by atoms with van der Waals surface area (Å²) in [5.41, 5.74) is 1.47. The number of carbonyl (C=O) groups is 1. The van der Waals surface area contributed by atoms with E-state index in [2.05, 4.69) is 0 Å². The first-order valence-corrected chi connectivity index (χ1v) is 7.44. The molecule has 1 N–H and O–H groups in total. The van der Waals surface area contributed by atoms with Crippen molar-refractivity contribution in [3.8, 4) is 0 Å². The molecule has 22 heavy (non-hydrogen) atoms. The van der Waals surface area contributed by atoms with E-state index in [-0.39, 0.29) is 5.91 Å². The highest BCUT2D eigenvalue weighted by atomic mass is 16.5. The Bertz CT molecular complexity index is 615. The van der Waals surface area contributed by atoms with Crippen molar-refractivity contribution in [2.45, 2.75) is 12.2 Å². The molecule has 3 rings (SSSR count). The third-order valence-electron chi connectivity index (χ3n) is 3.89. The van der Waals surface area contributed by atoms with Gasteiger partial charge in [0.05, 0.1) is 13.2 Å². The summed E-state index contributed by atoms with van der Waals surface area (Å²) in [5, 5.41) is 10.5. The van der Waals surface area contributed by atoms with Gasteiger partial charge < -0.3 is 14.7 Å². The average Bonchev–Trinajstić information content (AvgIpc) is 2.62. The zero-order valence-electron chi connectivity index (χ0n) is 12.3. The summed E-state index contributed by atoms with van der Waals surface area (Å²) in [6.07, 6.45) is -1.13. The fourth-order valence-corrected chi connectivity index (χ4v) is 2.68. The van der Waals surface area contributed by atoms with E-state index >= 15 is 0 Å². The van der Waals surface area contributed by atoms with Crippen LogP contribution in [0.1, 0.15) is 22.0 Å². The Morgan fingerprint density at radius 2 is 1.73 bits per heavy atom. The quantitative estimate of drug-likeness (QED) is 0.945. The van der Waals surface area contributed by atoms with Crippen molar-refractivity contribution < 1.29 is 14.6 Å². The molecule has 4 nitrogen and oxygen atoms in total. The van der Waals surface area contributed by atoms with E-state index < -0.39 is 12.2 Å². The summed E-state index contributed by atoms with van der Waals surface area (Å²) in [7, 11) is 0. The third kappa shape index (κ3) is 3.18. The molecule has 0 bridgehead atoms. The third-order valence-corrected chi connectivity index (χ3v) is 3.89. The van der Waals surface area contributed by atoms with Crippen LogP contribution in [0.25, 0.3) is 0 Å². The summed E-state index contributed by atoms with van der Waals surface area (Å²) in [5.74, 6) is -0.0193. The second-order valence-corrected chi connectivity index (χ2v) is 5.38. The van der Waals surface area contributed by atoms with Crippen molar-refractivity contribution in [1.82, 2.24) is 4.90 Å². The van der Waals surface area contributed by atoms with Crippen LogP contribution in [0.4, 0.5) is 0 Å². The van der Waals surface area contributed by atoms with E-state index in [1.165, 1.54) is 0 Å². The molecule has 1 fully saturated rings. The van der Waals surface area contributed by atoms with Crippen LogP contribution in [0.5, 0.6) is 0 Å². The Hall–Kier alpha value is -2.17. The van der Waals surface area contributed by atoms with Gasteiger partial charge in [-0.3, -0.25) is 4.79 Å². The zero-order valence-corrected chi connectivity index (χ0v) is 12.3. The van der Waals surface area contributed by atoms with Crippen LogP contribution in [0.3, 0.4) is 0 Å². The summed E-state index contributed by atoms with van der Waals surface area (Å²) in [6, 6.07) is 18.6. The van der Waals surface area contributed by atoms with Crippen LogP contribution < -0.4 is 0 Å². The minimum absolute atomic E-state index is 0.0193. The molecule has 0 saturated carbocycles. The largest absolute Gasteiger partial charge is 0.386 e. The Labute approximate surface area is 130 Å². The van der Waals surface area contributed by atoms with Crippen molar-refractivity contribution in [2.75, 3.05) is 19.7 Å². The van der Waals surface area contributed by atoms with Gasteiger partial charge in [-0.15, -0.1) is 0 Å². The number of rotatable bonds is 3. The van der Waals surface area contributed by atoms with E-state index in [1.54, 1.807) is 17.0 Å². The maximum absolute atomic E-state index is 12.5. The molecule has 114 valence electrons. The van der Waals surface area contributed by atoms with E-state index in [1.807, 2.05) is 48.5 Å². The lowest BCUT2D eigenvalue weighted by atomic mass is 10.0. The summed E-state index contributed by atoms with van der Waals surface area (Å²) in [6.45, 7) is 1.38. The average molecular weight is 297 g/mol. The first-order chi connectivity index (χ1) is 10.8. The fourth-order valence-electron chi connectivity index (χ4n) is 2.68. The van der Waals surface area contributed by atoms with Gasteiger partial charge >= 0.3 is 0 Å². The minimum Gasteiger partial charge on any atom is -0.386 e. The molecule has 1 saturated heterocycles. The lowest BCUT2D eigenvalue weighted by Crippen LogP contribution is -2.47. The molecule has 1 aliphatic rings. The van der Waals surface area contributed by atoms with Crippen LogP contribution in [0.15, 0.2) is 60.7 Å². The van der Waals surface area contributed by atoms with E-state index in [0.717, 1.165) is 5.56 Å². The van der Waals surface area contributed by atoms with Crippen molar-refractivity contribution in [1.29, 1.82) is 0 Å². The smallest absolute Gasteiger partial charge is 0.254 e. The first-order valence-electron chi connectivity index (χ1n) is 7.44. The Kier molecular flexibility index (Phi) is 4.51. The monoisotopic (exact) mass is 297 g/mol. The zero-order chi connectivity index (χ0) is 15.4. The summed E-state index contributed by atoms with van der Waals surface area (Å²) >= 11 is 0. The van der Waals surface area contributed by atoms with E-state index in [4.69, 9.17) is 4.74 Å². The fraction of sp³-hybridized carbons (Fsp3) is 0.278. The molecule has 1 amide bonds. The van der Waals surface area contributed by atoms with Gasteiger partial charge in [0, 0.05) is 12.1 Å². The second kappa shape index (κ2) is 6.73. The second-order valence-electron chi connectivity index (χ2n) is 5.38. The van der Waals surface area contributed by atoms with Gasteiger partial charge in [-0.2, -0.15) is 0 Å². The SMILES string of the molecule is O=C(c1ccccc1)N1CCO[C@H]([C@@H](O)c2ccccc2)C1. The number of amides is 1. The molecule has 0 unspecified atom stereocenters. The number of morpholine rings is 1. The Morgan fingerprint density at radius 3 is 2.41 bits per heavy atom. The predicted octanol–water partition coefficient (Wildman–Crippen LogP) is 2.26. The van der Waals surface area contributed by atoms with E-state index in [0.29, 0.717) is 25.3 Å². The molecular weight excluding hydrogens is 278 g/mol. The standard InChI is InChI=1S/C18H19NO3/c20-17(14-7-3-1-4-8-14)16-13-19(11-12-22-16)18(21)15-9-5-2-6-10-15/h1-10,16-17,20H,11-13H2/t16-,17-/m0/s1. The molecule has 0 radical (unpaired) electrons. The number of hydrogen-bond donors (Lipinski definition) is 1. The van der Waals surface area contributed by atoms with Crippen LogP contribution in [0, 0.1) is 0 Å². The number of benzene rings is 2. The maximum Gasteiger partial charge on any atom is 0.254 e. The van der Waals surface area contributed by atoms with E-state index in [9.17, 15) is 9.90 Å². The molecule has 0 aliphatic carbocycles. The summed E-state index contributed by atoms with van der Waals surface area (Å²) in [4.78, 5) is 14.2. The molecule has 1 aliphatic heterocycles. The van der Waals surface area contributed by atoms with Crippen LogP contribution in [0.2, 0.25) is 0 Å². The molecule has 2 aromatic carbocycles. The van der Waals surface area contributed by atoms with Crippen molar-refractivity contribution >= 4 is 5.91 Å². The first kappa shape index (κ1) is 14.8. The van der Waals surface area contributed by atoms with Gasteiger partial charge in [-0.1, -0.05) is 48.5 Å². The maximum atomic E-state index is 12.5. The normalized spacial score (nSPS) is 19.7. The highest BCUT2D eigenvalue weighted by Crippen LogP contribution is 2.23. The van der Waals surface area contributed by atoms with Gasteiger partial charge in [-0.25, -0.2) is 0 Å². The molecule has 4 heteroatoms. The number of hydrogen-bond acceptors (Lipinski definition) is 3. The topological polar surface area (TPSA) is 49.8 Å². The van der Waals surface area contributed by atoms with Crippen LogP contribution in [-0.2, 0) is 4.74 Å². The van der Waals surface area contributed by atoms with Gasteiger partial charge in [0.15, 0.2) is 0 Å². The molecule has 1 heterocycles. The number of ether oxygens (including phenoxy) is 1. The Balaban J connectivity index is 1.70. The Morgan fingerprint density at radius 1 is 1.09 bits per heavy atom. The molecule has 2 atom stereocenters. The lowest BCUT2D eigenvalue weighted by molar-refractivity contribution is -0.0820. The molecule has 0 aromatic heterocycles. The highest BCUT2D eigenvalue weighted by Gasteiger charge is 2.30. The van der Waals surface area contributed by atoms with Crippen molar-refractivity contribution in [3.05, 3.63) is 71.8 Å². The van der Waals surface area contributed by atoms with Crippen LogP contribution in [-0.4, -0.2) is 41.7 Å². The number of aliphatic hydroxyl groups is 1. The predicted molar refractivity (Wildman–Crippen MR) is 83.5 cm³/mol. The van der Waals surface area contributed by atoms with Gasteiger partial charge in [0.2, 0.25) is 0 Å². The van der Waals surface area contributed by atoms with Crippen LogP contribution >= 0.6 is 0 Å². The highest BCUT2D eigenvalue weighted by molar-refractivity contribution is 5.94. The van der Waals surface area contributed by atoms with Crippen molar-refractivity contribution in [3.63, 3.8) is 0 Å². The lowest BCUT2D eigenvalue weighted by Gasteiger charge is -2.35. The number of nitrogens with zero attached hydrogens (tertiary/aromatic N) is 1. The summed E-state index contributed by atoms with van der Waals surface area (Å²) < 4.78 is 5.67. The minimum atomic E-state index is -0.729. The van der Waals surface area contributed by atoms with Crippen molar-refractivity contribution in [2.24, 2.45) is 0 Å². The molecular formula is C18H19NO3. The molecule has 0 spiro atoms. The number of aliphatic hydroxyl groups excluding tert-OH is 1. The molecule has 2 aromatic rings.